The minimum Gasteiger partial charge on any atom is -0.496 e. The van der Waals surface area contributed by atoms with Crippen molar-refractivity contribution in [2.45, 2.75) is 6.54 Å². The highest BCUT2D eigenvalue weighted by Crippen LogP contribution is 2.34. The van der Waals surface area contributed by atoms with Crippen LogP contribution in [0, 0.1) is 0 Å². The molecule has 0 aliphatic carbocycles. The molecule has 7 heteroatoms. The molecule has 1 aromatic carbocycles. The van der Waals surface area contributed by atoms with E-state index in [4.69, 9.17) is 14.2 Å². The second-order valence-electron chi connectivity index (χ2n) is 6.48. The number of hydrogen-bond acceptors (Lipinski definition) is 5. The van der Waals surface area contributed by atoms with Gasteiger partial charge < -0.3 is 24.0 Å². The molecule has 1 aliphatic rings. The number of nitrogens with one attached hydrogen (secondary N) is 1. The van der Waals surface area contributed by atoms with Gasteiger partial charge in [0.05, 0.1) is 58.6 Å². The highest BCUT2D eigenvalue weighted by atomic mass is 16.5. The van der Waals surface area contributed by atoms with Gasteiger partial charge in [-0.3, -0.25) is 9.78 Å². The highest BCUT2D eigenvalue weighted by molar-refractivity contribution is 5.93. The summed E-state index contributed by atoms with van der Waals surface area (Å²) in [6, 6.07) is 7.43. The summed E-state index contributed by atoms with van der Waals surface area (Å²) in [7, 11) is 4.90. The Morgan fingerprint density at radius 3 is 2.33 bits per heavy atom. The third-order valence-electron chi connectivity index (χ3n) is 4.89. The zero-order valence-electron chi connectivity index (χ0n) is 16.0. The van der Waals surface area contributed by atoms with E-state index in [1.54, 1.807) is 39.8 Å². The molecule has 1 amide bonds. The summed E-state index contributed by atoms with van der Waals surface area (Å²) >= 11 is 0. The number of carbonyl (C=O) groups is 1. The molecule has 7 nitrogen and oxygen atoms in total. The van der Waals surface area contributed by atoms with Crippen molar-refractivity contribution < 1.29 is 23.9 Å². The van der Waals surface area contributed by atoms with Crippen molar-refractivity contribution in [3.8, 4) is 17.2 Å². The minimum absolute atomic E-state index is 0.0471. The van der Waals surface area contributed by atoms with Crippen LogP contribution in [0.2, 0.25) is 0 Å². The Morgan fingerprint density at radius 2 is 1.74 bits per heavy atom. The van der Waals surface area contributed by atoms with Crippen molar-refractivity contribution in [2.24, 2.45) is 0 Å². The average molecular weight is 372 g/mol. The molecule has 1 aliphatic heterocycles. The van der Waals surface area contributed by atoms with Crippen molar-refractivity contribution in [1.29, 1.82) is 0 Å². The lowest BCUT2D eigenvalue weighted by atomic mass is 10.1. The smallest absolute Gasteiger partial charge is 0.255 e. The van der Waals surface area contributed by atoms with Crippen LogP contribution < -0.4 is 19.1 Å². The van der Waals surface area contributed by atoms with Gasteiger partial charge in [-0.15, -0.1) is 0 Å². The number of ether oxygens (including phenoxy) is 3. The van der Waals surface area contributed by atoms with E-state index in [0.717, 1.165) is 44.0 Å². The van der Waals surface area contributed by atoms with Gasteiger partial charge in [-0.05, 0) is 18.2 Å². The maximum absolute atomic E-state index is 12.5. The van der Waals surface area contributed by atoms with E-state index in [2.05, 4.69) is 4.98 Å². The number of methoxy groups -OCH3 is 3. The zero-order chi connectivity index (χ0) is 19.2. The maximum Gasteiger partial charge on any atom is 0.255 e. The standard InChI is InChI=1S/C20H25N3O4/c1-25-17-12-19(27-3)18(26-2)11-16(17)14-22-7-9-23(10-8-22)20(24)15-5-4-6-21-13-15/h4-6,11-13H,7-10,14H2,1-3H3/p+1. The fraction of sp³-hybridized carbons (Fsp3) is 0.400. The molecule has 1 N–H and O–H groups in total. The third kappa shape index (κ3) is 4.31. The molecular formula is C20H26N3O4+. The summed E-state index contributed by atoms with van der Waals surface area (Å²) in [5.74, 6) is 2.18. The number of piperazine rings is 1. The van der Waals surface area contributed by atoms with Gasteiger partial charge in [0, 0.05) is 18.5 Å². The van der Waals surface area contributed by atoms with Crippen LogP contribution in [0.3, 0.4) is 0 Å². The van der Waals surface area contributed by atoms with Crippen molar-refractivity contribution in [1.82, 2.24) is 9.88 Å². The number of benzene rings is 1. The first-order valence-electron chi connectivity index (χ1n) is 8.98. The van der Waals surface area contributed by atoms with Crippen molar-refractivity contribution >= 4 is 5.91 Å². The lowest BCUT2D eigenvalue weighted by Crippen LogP contribution is -3.13. The second-order valence-corrected chi connectivity index (χ2v) is 6.48. The number of rotatable bonds is 6. The van der Waals surface area contributed by atoms with Gasteiger partial charge in [-0.25, -0.2) is 0 Å². The second kappa shape index (κ2) is 8.73. The van der Waals surface area contributed by atoms with Gasteiger partial charge in [0.15, 0.2) is 11.5 Å². The van der Waals surface area contributed by atoms with Gasteiger partial charge in [0.25, 0.3) is 5.91 Å². The van der Waals surface area contributed by atoms with E-state index >= 15 is 0 Å². The lowest BCUT2D eigenvalue weighted by molar-refractivity contribution is -0.917. The SMILES string of the molecule is COc1cc(OC)c(OC)cc1C[NH+]1CCN(C(=O)c2cccnc2)CC1. The first-order chi connectivity index (χ1) is 13.2. The Labute approximate surface area is 159 Å². The van der Waals surface area contributed by atoms with Crippen LogP contribution in [0.4, 0.5) is 0 Å². The Kier molecular flexibility index (Phi) is 6.13. The lowest BCUT2D eigenvalue weighted by Gasteiger charge is -2.32. The van der Waals surface area contributed by atoms with E-state index in [1.165, 1.54) is 4.90 Å². The number of carbonyl (C=O) groups excluding carboxylic acids is 1. The molecule has 1 fully saturated rings. The predicted molar refractivity (Wildman–Crippen MR) is 101 cm³/mol. The molecule has 0 saturated carbocycles. The molecule has 1 saturated heterocycles. The van der Waals surface area contributed by atoms with E-state index in [0.29, 0.717) is 17.1 Å². The molecular weight excluding hydrogens is 346 g/mol. The van der Waals surface area contributed by atoms with Crippen molar-refractivity contribution in [2.75, 3.05) is 47.5 Å². The van der Waals surface area contributed by atoms with E-state index in [9.17, 15) is 4.79 Å². The quantitative estimate of drug-likeness (QED) is 0.807. The number of aromatic nitrogens is 1. The molecule has 0 atom stereocenters. The zero-order valence-corrected chi connectivity index (χ0v) is 16.0. The molecule has 0 radical (unpaired) electrons. The Balaban J connectivity index is 1.65. The summed E-state index contributed by atoms with van der Waals surface area (Å²) in [6.07, 6.45) is 3.30. The van der Waals surface area contributed by atoms with Crippen molar-refractivity contribution in [3.05, 3.63) is 47.8 Å². The van der Waals surface area contributed by atoms with Gasteiger partial charge in [0.2, 0.25) is 0 Å². The highest BCUT2D eigenvalue weighted by Gasteiger charge is 2.26. The molecule has 144 valence electrons. The summed E-state index contributed by atoms with van der Waals surface area (Å²) in [6.45, 7) is 4.00. The van der Waals surface area contributed by atoms with E-state index in [1.807, 2.05) is 23.1 Å². The molecule has 0 bridgehead atoms. The Hall–Kier alpha value is -2.80. The largest absolute Gasteiger partial charge is 0.496 e. The fourth-order valence-electron chi connectivity index (χ4n) is 3.37. The third-order valence-corrected chi connectivity index (χ3v) is 4.89. The maximum atomic E-state index is 12.5. The van der Waals surface area contributed by atoms with Crippen LogP contribution in [-0.2, 0) is 6.54 Å². The van der Waals surface area contributed by atoms with E-state index in [-0.39, 0.29) is 5.91 Å². The monoisotopic (exact) mass is 372 g/mol. The van der Waals surface area contributed by atoms with Gasteiger partial charge in [-0.1, -0.05) is 0 Å². The Morgan fingerprint density at radius 1 is 1.07 bits per heavy atom. The number of quaternary nitrogens is 1. The molecule has 2 aromatic rings. The molecule has 3 rings (SSSR count). The normalized spacial score (nSPS) is 14.7. The number of nitrogens with zero attached hydrogens (tertiary/aromatic N) is 2. The number of pyridine rings is 1. The van der Waals surface area contributed by atoms with Crippen LogP contribution in [0.25, 0.3) is 0 Å². The number of amides is 1. The van der Waals surface area contributed by atoms with Crippen LogP contribution in [0.5, 0.6) is 17.2 Å². The van der Waals surface area contributed by atoms with E-state index < -0.39 is 0 Å². The predicted octanol–water partition coefficient (Wildman–Crippen LogP) is 0.648. The molecule has 0 spiro atoms. The van der Waals surface area contributed by atoms with Crippen LogP contribution in [0.1, 0.15) is 15.9 Å². The summed E-state index contributed by atoms with van der Waals surface area (Å²) in [5, 5.41) is 0. The number of hydrogen-bond donors (Lipinski definition) is 1. The average Bonchev–Trinajstić information content (AvgIpc) is 2.74. The van der Waals surface area contributed by atoms with Crippen LogP contribution in [0.15, 0.2) is 36.7 Å². The topological polar surface area (TPSA) is 65.3 Å². The summed E-state index contributed by atoms with van der Waals surface area (Å²) in [5.41, 5.74) is 1.71. The van der Waals surface area contributed by atoms with Gasteiger partial charge >= 0.3 is 0 Å². The fourth-order valence-corrected chi connectivity index (χ4v) is 3.37. The summed E-state index contributed by atoms with van der Waals surface area (Å²) in [4.78, 5) is 19.9. The minimum atomic E-state index is 0.0471. The Bertz CT molecular complexity index is 774. The van der Waals surface area contributed by atoms with Crippen LogP contribution >= 0.6 is 0 Å². The first-order valence-corrected chi connectivity index (χ1v) is 8.98. The molecule has 2 heterocycles. The van der Waals surface area contributed by atoms with Gasteiger partial charge in [-0.2, -0.15) is 0 Å². The van der Waals surface area contributed by atoms with Gasteiger partial charge in [0.1, 0.15) is 12.3 Å². The van der Waals surface area contributed by atoms with Crippen molar-refractivity contribution in [3.63, 3.8) is 0 Å². The molecule has 1 aromatic heterocycles. The molecule has 0 unspecified atom stereocenters. The summed E-state index contributed by atoms with van der Waals surface area (Å²) < 4.78 is 16.3. The van der Waals surface area contributed by atoms with Crippen LogP contribution in [-0.4, -0.2) is 63.3 Å². The molecule has 27 heavy (non-hydrogen) atoms. The first kappa shape index (κ1) is 19.0.